The molecule has 0 aliphatic carbocycles. The van der Waals surface area contributed by atoms with Gasteiger partial charge in [0.05, 0.1) is 17.4 Å². The van der Waals surface area contributed by atoms with Crippen molar-refractivity contribution in [2.75, 3.05) is 5.32 Å². The predicted octanol–water partition coefficient (Wildman–Crippen LogP) is 6.30. The number of carbonyl (C=O) groups excluding carboxylic acids is 1. The molecule has 0 unspecified atom stereocenters. The Labute approximate surface area is 173 Å². The molecule has 1 aromatic heterocycles. The molecule has 1 N–H and O–H groups in total. The van der Waals surface area contributed by atoms with Crippen molar-refractivity contribution >= 4 is 27.5 Å². The first-order chi connectivity index (χ1) is 14.0. The predicted molar refractivity (Wildman–Crippen MR) is 109 cm³/mol. The van der Waals surface area contributed by atoms with Crippen LogP contribution in [0.25, 0.3) is 22.8 Å². The molecule has 0 aliphatic rings. The Bertz CT molecular complexity index is 1190. The number of nitrogens with zero attached hydrogens (tertiary/aromatic N) is 1. The lowest BCUT2D eigenvalue weighted by molar-refractivity contribution is 0.102. The molecule has 0 radical (unpaired) electrons. The second-order valence-corrected chi connectivity index (χ2v) is 7.08. The molecule has 0 fully saturated rings. The van der Waals surface area contributed by atoms with Crippen molar-refractivity contribution < 1.29 is 18.0 Å². The van der Waals surface area contributed by atoms with Gasteiger partial charge in [-0.1, -0.05) is 40.2 Å². The van der Waals surface area contributed by atoms with Crippen molar-refractivity contribution in [3.63, 3.8) is 0 Å². The van der Waals surface area contributed by atoms with Crippen LogP contribution in [0.4, 0.5) is 14.5 Å². The number of benzene rings is 3. The van der Waals surface area contributed by atoms with E-state index in [1.807, 2.05) is 24.3 Å². The van der Waals surface area contributed by atoms with Gasteiger partial charge in [-0.2, -0.15) is 0 Å². The number of aromatic nitrogens is 1. The van der Waals surface area contributed by atoms with Crippen molar-refractivity contribution in [1.29, 1.82) is 0 Å². The van der Waals surface area contributed by atoms with Gasteiger partial charge in [0.1, 0.15) is 11.6 Å². The van der Waals surface area contributed by atoms with Crippen molar-refractivity contribution in [2.24, 2.45) is 0 Å². The fourth-order valence-electron chi connectivity index (χ4n) is 2.79. The summed E-state index contributed by atoms with van der Waals surface area (Å²) in [5, 5.41) is 2.45. The van der Waals surface area contributed by atoms with Gasteiger partial charge in [-0.25, -0.2) is 13.8 Å². The van der Waals surface area contributed by atoms with Gasteiger partial charge in [-0.05, 0) is 36.4 Å². The Morgan fingerprint density at radius 1 is 1.00 bits per heavy atom. The molecule has 1 amide bonds. The zero-order valence-corrected chi connectivity index (χ0v) is 16.4. The largest absolute Gasteiger partial charge is 0.436 e. The molecule has 4 nitrogen and oxygen atoms in total. The maximum absolute atomic E-state index is 13.9. The average molecular weight is 455 g/mol. The second kappa shape index (κ2) is 7.97. The molecule has 0 atom stereocenters. The van der Waals surface area contributed by atoms with Crippen LogP contribution in [0.5, 0.6) is 0 Å². The van der Waals surface area contributed by atoms with E-state index in [4.69, 9.17) is 4.42 Å². The topological polar surface area (TPSA) is 55.1 Å². The van der Waals surface area contributed by atoms with Crippen molar-refractivity contribution in [2.45, 2.75) is 0 Å². The van der Waals surface area contributed by atoms with Crippen LogP contribution in [-0.2, 0) is 0 Å². The maximum Gasteiger partial charge on any atom is 0.256 e. The van der Waals surface area contributed by atoms with Gasteiger partial charge in [-0.15, -0.1) is 0 Å². The van der Waals surface area contributed by atoms with Gasteiger partial charge < -0.3 is 9.73 Å². The Morgan fingerprint density at radius 3 is 2.52 bits per heavy atom. The van der Waals surface area contributed by atoms with Crippen LogP contribution in [0.15, 0.2) is 81.8 Å². The van der Waals surface area contributed by atoms with Crippen LogP contribution in [0.1, 0.15) is 10.4 Å². The van der Waals surface area contributed by atoms with Gasteiger partial charge in [0.15, 0.2) is 5.76 Å². The number of amides is 1. The third-order valence-electron chi connectivity index (χ3n) is 4.22. The number of rotatable bonds is 4. The van der Waals surface area contributed by atoms with E-state index < -0.39 is 17.5 Å². The van der Waals surface area contributed by atoms with Crippen LogP contribution >= 0.6 is 15.9 Å². The summed E-state index contributed by atoms with van der Waals surface area (Å²) in [6.45, 7) is 0. The first kappa shape index (κ1) is 19.0. The quantitative estimate of drug-likeness (QED) is 0.393. The summed E-state index contributed by atoms with van der Waals surface area (Å²) in [7, 11) is 0. The fourth-order valence-corrected chi connectivity index (χ4v) is 3.06. The van der Waals surface area contributed by atoms with E-state index >= 15 is 0 Å². The molecule has 1 heterocycles. The first-order valence-corrected chi connectivity index (χ1v) is 9.38. The summed E-state index contributed by atoms with van der Waals surface area (Å²) in [5.41, 5.74) is 1.42. The molecule has 3 aromatic carbocycles. The molecule has 7 heteroatoms. The summed E-state index contributed by atoms with van der Waals surface area (Å²) in [4.78, 5) is 17.0. The molecule has 0 saturated carbocycles. The van der Waals surface area contributed by atoms with Gasteiger partial charge in [-0.3, -0.25) is 4.79 Å². The first-order valence-electron chi connectivity index (χ1n) is 8.59. The lowest BCUT2D eigenvalue weighted by Gasteiger charge is -2.09. The van der Waals surface area contributed by atoms with Gasteiger partial charge in [0, 0.05) is 21.7 Å². The molecule has 4 aromatic rings. The molecule has 0 aliphatic heterocycles. The highest BCUT2D eigenvalue weighted by atomic mass is 79.9. The number of halogens is 3. The van der Waals surface area contributed by atoms with E-state index in [0.29, 0.717) is 17.4 Å². The van der Waals surface area contributed by atoms with Gasteiger partial charge in [0.25, 0.3) is 5.91 Å². The van der Waals surface area contributed by atoms with Crippen LogP contribution in [0.2, 0.25) is 0 Å². The number of nitrogens with one attached hydrogen (secondary N) is 1. The number of hydrogen-bond donors (Lipinski definition) is 1. The average Bonchev–Trinajstić information content (AvgIpc) is 3.20. The lowest BCUT2D eigenvalue weighted by atomic mass is 10.1. The van der Waals surface area contributed by atoms with E-state index in [0.717, 1.165) is 16.1 Å². The highest BCUT2D eigenvalue weighted by Crippen LogP contribution is 2.29. The Morgan fingerprint density at radius 2 is 1.76 bits per heavy atom. The number of hydrogen-bond acceptors (Lipinski definition) is 3. The highest BCUT2D eigenvalue weighted by molar-refractivity contribution is 9.10. The lowest BCUT2D eigenvalue weighted by Crippen LogP contribution is -2.14. The third-order valence-corrected chi connectivity index (χ3v) is 4.74. The minimum absolute atomic E-state index is 0.117. The summed E-state index contributed by atoms with van der Waals surface area (Å²) < 4.78 is 33.7. The van der Waals surface area contributed by atoms with Crippen molar-refractivity contribution in [3.8, 4) is 22.8 Å². The fraction of sp³-hybridized carbons (Fsp3) is 0. The minimum atomic E-state index is -0.857. The van der Waals surface area contributed by atoms with E-state index in [9.17, 15) is 13.6 Å². The summed E-state index contributed by atoms with van der Waals surface area (Å²) >= 11 is 3.38. The number of carbonyl (C=O) groups is 1. The molecule has 0 bridgehead atoms. The molecular formula is C22H13BrF2N2O2. The van der Waals surface area contributed by atoms with E-state index in [2.05, 4.69) is 26.2 Å². The summed E-state index contributed by atoms with van der Waals surface area (Å²) in [5.74, 6) is -1.33. The standard InChI is InChI=1S/C22H13BrF2N2O2/c23-14-7-5-13(6-8-14)20-12-26-22(29-20)17-4-2-1-3-16(17)21(28)27-19-10-9-15(24)11-18(19)25/h1-12H,(H,27,28). The van der Waals surface area contributed by atoms with Crippen LogP contribution < -0.4 is 5.32 Å². The Balaban J connectivity index is 1.65. The SMILES string of the molecule is O=C(Nc1ccc(F)cc1F)c1ccccc1-c1ncc(-c2ccc(Br)cc2)o1. The van der Waals surface area contributed by atoms with Gasteiger partial charge >= 0.3 is 0 Å². The molecular weight excluding hydrogens is 442 g/mol. The molecule has 144 valence electrons. The van der Waals surface area contributed by atoms with Gasteiger partial charge in [0.2, 0.25) is 5.89 Å². The number of anilines is 1. The maximum atomic E-state index is 13.9. The van der Waals surface area contributed by atoms with Crippen molar-refractivity contribution in [1.82, 2.24) is 4.98 Å². The molecule has 29 heavy (non-hydrogen) atoms. The zero-order chi connectivity index (χ0) is 20.4. The minimum Gasteiger partial charge on any atom is -0.436 e. The second-order valence-electron chi connectivity index (χ2n) is 6.16. The Hall–Kier alpha value is -3.32. The van der Waals surface area contributed by atoms with E-state index in [1.165, 1.54) is 6.07 Å². The van der Waals surface area contributed by atoms with E-state index in [-0.39, 0.29) is 17.1 Å². The van der Waals surface area contributed by atoms with Crippen LogP contribution in [0, 0.1) is 11.6 Å². The summed E-state index contributed by atoms with van der Waals surface area (Å²) in [6, 6.07) is 17.2. The van der Waals surface area contributed by atoms with Crippen LogP contribution in [-0.4, -0.2) is 10.9 Å². The smallest absolute Gasteiger partial charge is 0.256 e. The van der Waals surface area contributed by atoms with Crippen molar-refractivity contribution in [3.05, 3.63) is 94.6 Å². The molecule has 4 rings (SSSR count). The Kier molecular flexibility index (Phi) is 5.22. The van der Waals surface area contributed by atoms with E-state index in [1.54, 1.807) is 30.5 Å². The summed E-state index contributed by atoms with van der Waals surface area (Å²) in [6.07, 6.45) is 1.58. The normalized spacial score (nSPS) is 10.7. The third kappa shape index (κ3) is 4.09. The zero-order valence-electron chi connectivity index (χ0n) is 14.8. The molecule has 0 spiro atoms. The monoisotopic (exact) mass is 454 g/mol. The highest BCUT2D eigenvalue weighted by Gasteiger charge is 2.18. The number of oxazole rings is 1. The van der Waals surface area contributed by atoms with Crippen LogP contribution in [0.3, 0.4) is 0 Å². The molecule has 0 saturated heterocycles.